The van der Waals surface area contributed by atoms with E-state index in [0.29, 0.717) is 11.3 Å². The molecule has 1 amide bonds. The average molecular weight is 398 g/mol. The van der Waals surface area contributed by atoms with Gasteiger partial charge in [0.25, 0.3) is 5.69 Å². The predicted molar refractivity (Wildman–Crippen MR) is 87.8 cm³/mol. The summed E-state index contributed by atoms with van der Waals surface area (Å²) in [7, 11) is 0. The molecule has 24 heavy (non-hydrogen) atoms. The summed E-state index contributed by atoms with van der Waals surface area (Å²) < 4.78 is 1.33. The number of nitro groups is 2. The van der Waals surface area contributed by atoms with Crippen molar-refractivity contribution >= 4 is 39.0 Å². The van der Waals surface area contributed by atoms with Crippen molar-refractivity contribution in [2.75, 3.05) is 5.32 Å². The van der Waals surface area contributed by atoms with Crippen molar-refractivity contribution in [3.05, 3.63) is 54.2 Å². The molecule has 2 rings (SSSR count). The highest BCUT2D eigenvalue weighted by Gasteiger charge is 2.25. The van der Waals surface area contributed by atoms with E-state index >= 15 is 0 Å². The summed E-state index contributed by atoms with van der Waals surface area (Å²) in [5.41, 5.74) is 0.902. The zero-order chi connectivity index (χ0) is 18.0. The third-order valence-corrected chi connectivity index (χ3v) is 4.14. The zero-order valence-electron chi connectivity index (χ0n) is 12.6. The smallest absolute Gasteiger partial charge is 0.358 e. The molecule has 1 N–H and O–H groups in total. The average Bonchev–Trinajstić information content (AvgIpc) is 2.77. The van der Waals surface area contributed by atoms with Crippen molar-refractivity contribution in [3.8, 4) is 0 Å². The number of aryl methyl sites for hydroxylation is 1. The summed E-state index contributed by atoms with van der Waals surface area (Å²) in [6, 6.07) is 4.40. The van der Waals surface area contributed by atoms with Gasteiger partial charge in [-0.3, -0.25) is 14.9 Å². The van der Waals surface area contributed by atoms with Crippen LogP contribution in [0.2, 0.25) is 0 Å². The Hall–Kier alpha value is -2.82. The maximum absolute atomic E-state index is 12.1. The Morgan fingerprint density at radius 1 is 1.29 bits per heavy atom. The second-order valence-electron chi connectivity index (χ2n) is 4.96. The van der Waals surface area contributed by atoms with Crippen molar-refractivity contribution < 1.29 is 14.6 Å². The van der Waals surface area contributed by atoms with E-state index in [1.54, 1.807) is 19.9 Å². The number of nitro benzene ring substituents is 1. The quantitative estimate of drug-likeness (QED) is 0.608. The number of nitrogens with one attached hydrogen (secondary N) is 1. The van der Waals surface area contributed by atoms with Crippen molar-refractivity contribution in [2.45, 2.75) is 20.4 Å². The fraction of sp³-hybridized carbons (Fsp3) is 0.231. The summed E-state index contributed by atoms with van der Waals surface area (Å²) in [5, 5.41) is 28.1. The molecule has 10 nitrogen and oxygen atoms in total. The molecule has 1 aromatic heterocycles. The van der Waals surface area contributed by atoms with Gasteiger partial charge in [0.15, 0.2) is 0 Å². The monoisotopic (exact) mass is 397 g/mol. The summed E-state index contributed by atoms with van der Waals surface area (Å²) >= 11 is 3.05. The van der Waals surface area contributed by atoms with E-state index in [1.807, 2.05) is 0 Å². The summed E-state index contributed by atoms with van der Waals surface area (Å²) in [4.78, 5) is 32.7. The van der Waals surface area contributed by atoms with E-state index in [1.165, 1.54) is 12.1 Å². The van der Waals surface area contributed by atoms with E-state index in [0.717, 1.165) is 4.68 Å². The van der Waals surface area contributed by atoms with Gasteiger partial charge in [0.05, 0.1) is 15.7 Å². The van der Waals surface area contributed by atoms with Gasteiger partial charge in [-0.15, -0.1) is 0 Å². The van der Waals surface area contributed by atoms with Gasteiger partial charge >= 0.3 is 5.82 Å². The van der Waals surface area contributed by atoms with Crippen molar-refractivity contribution in [3.63, 3.8) is 0 Å². The van der Waals surface area contributed by atoms with Crippen LogP contribution in [0.5, 0.6) is 0 Å². The number of anilines is 1. The highest BCUT2D eigenvalue weighted by Crippen LogP contribution is 2.28. The van der Waals surface area contributed by atoms with Crippen LogP contribution in [0, 0.1) is 34.1 Å². The molecule has 0 unspecified atom stereocenters. The number of benzene rings is 1. The van der Waals surface area contributed by atoms with Gasteiger partial charge in [0.1, 0.15) is 16.7 Å². The molecule has 2 aromatic rings. The normalized spacial score (nSPS) is 10.5. The molecule has 0 saturated heterocycles. The number of carbonyl (C=O) groups excluding carboxylic acids is 1. The second kappa shape index (κ2) is 6.74. The number of amides is 1. The number of hydrogen-bond acceptors (Lipinski definition) is 6. The van der Waals surface area contributed by atoms with Crippen LogP contribution in [0.25, 0.3) is 0 Å². The Kier molecular flexibility index (Phi) is 4.93. The van der Waals surface area contributed by atoms with Gasteiger partial charge in [-0.25, -0.2) is 0 Å². The summed E-state index contributed by atoms with van der Waals surface area (Å²) in [5.74, 6) is -0.989. The van der Waals surface area contributed by atoms with Gasteiger partial charge in [0.2, 0.25) is 5.91 Å². The number of hydrogen-bond donors (Lipinski definition) is 1. The molecule has 0 aliphatic rings. The standard InChI is InChI=1S/C13H12BrN5O5/c1-7-3-4-9(10(5-7)18(21)22)15-11(20)6-17-8(2)12(14)13(16-17)19(23)24/h3-5H,6H2,1-2H3,(H,15,20). The maximum Gasteiger partial charge on any atom is 0.404 e. The molecule has 0 spiro atoms. The molecule has 1 aromatic carbocycles. The van der Waals surface area contributed by atoms with Gasteiger partial charge in [-0.1, -0.05) is 6.07 Å². The molecule has 0 fully saturated rings. The van der Waals surface area contributed by atoms with Crippen LogP contribution in [0.4, 0.5) is 17.2 Å². The highest BCUT2D eigenvalue weighted by molar-refractivity contribution is 9.10. The van der Waals surface area contributed by atoms with Gasteiger partial charge in [-0.05, 0) is 46.3 Å². The number of halogens is 1. The van der Waals surface area contributed by atoms with Crippen LogP contribution in [0.3, 0.4) is 0 Å². The molecular formula is C13H12BrN5O5. The molecule has 0 saturated carbocycles. The molecule has 1 heterocycles. The topological polar surface area (TPSA) is 133 Å². The minimum Gasteiger partial charge on any atom is -0.358 e. The third kappa shape index (κ3) is 3.56. The molecule has 126 valence electrons. The summed E-state index contributed by atoms with van der Waals surface area (Å²) in [6.07, 6.45) is 0. The van der Waals surface area contributed by atoms with E-state index in [-0.39, 0.29) is 22.4 Å². The van der Waals surface area contributed by atoms with Gasteiger partial charge in [-0.2, -0.15) is 4.68 Å². The number of carbonyl (C=O) groups is 1. The SMILES string of the molecule is Cc1ccc(NC(=O)Cn2nc([N+](=O)[O-])c(Br)c2C)c([N+](=O)[O-])c1. The van der Waals surface area contributed by atoms with E-state index in [4.69, 9.17) is 0 Å². The third-order valence-electron chi connectivity index (χ3n) is 3.21. The van der Waals surface area contributed by atoms with E-state index in [2.05, 4.69) is 26.3 Å². The molecule has 0 aliphatic heterocycles. The molecule has 0 atom stereocenters. The lowest BCUT2D eigenvalue weighted by atomic mass is 10.2. The van der Waals surface area contributed by atoms with Crippen molar-refractivity contribution in [2.24, 2.45) is 0 Å². The fourth-order valence-corrected chi connectivity index (χ4v) is 2.43. The first-order valence-electron chi connectivity index (χ1n) is 6.63. The van der Waals surface area contributed by atoms with Crippen LogP contribution >= 0.6 is 15.9 Å². The Morgan fingerprint density at radius 3 is 2.50 bits per heavy atom. The number of nitrogens with zero attached hydrogens (tertiary/aromatic N) is 4. The van der Waals surface area contributed by atoms with Crippen LogP contribution < -0.4 is 5.32 Å². The highest BCUT2D eigenvalue weighted by atomic mass is 79.9. The van der Waals surface area contributed by atoms with Crippen molar-refractivity contribution in [1.29, 1.82) is 0 Å². The lowest BCUT2D eigenvalue weighted by Gasteiger charge is -2.06. The first-order chi connectivity index (χ1) is 11.2. The zero-order valence-corrected chi connectivity index (χ0v) is 14.2. The number of rotatable bonds is 5. The van der Waals surface area contributed by atoms with Gasteiger partial charge in [0, 0.05) is 6.07 Å². The Labute approximate surface area is 143 Å². The molecular weight excluding hydrogens is 386 g/mol. The molecule has 0 radical (unpaired) electrons. The lowest BCUT2D eigenvalue weighted by Crippen LogP contribution is -2.21. The Balaban J connectivity index is 2.22. The van der Waals surface area contributed by atoms with Gasteiger partial charge < -0.3 is 15.4 Å². The molecule has 11 heteroatoms. The van der Waals surface area contributed by atoms with Crippen LogP contribution in [0.15, 0.2) is 22.7 Å². The van der Waals surface area contributed by atoms with Crippen molar-refractivity contribution in [1.82, 2.24) is 9.78 Å². The Bertz CT molecular complexity index is 848. The first-order valence-corrected chi connectivity index (χ1v) is 7.42. The minimum absolute atomic E-state index is 0.0500. The van der Waals surface area contributed by atoms with Crippen LogP contribution in [-0.4, -0.2) is 25.5 Å². The van der Waals surface area contributed by atoms with E-state index in [9.17, 15) is 25.0 Å². The second-order valence-corrected chi connectivity index (χ2v) is 5.76. The first kappa shape index (κ1) is 17.5. The van der Waals surface area contributed by atoms with E-state index < -0.39 is 21.6 Å². The Morgan fingerprint density at radius 2 is 1.96 bits per heavy atom. The van der Waals surface area contributed by atoms with Crippen LogP contribution in [0.1, 0.15) is 11.3 Å². The fourth-order valence-electron chi connectivity index (χ4n) is 2.00. The largest absolute Gasteiger partial charge is 0.404 e. The molecule has 0 bridgehead atoms. The summed E-state index contributed by atoms with van der Waals surface area (Å²) in [6.45, 7) is 2.94. The maximum atomic E-state index is 12.1. The number of aromatic nitrogens is 2. The lowest BCUT2D eigenvalue weighted by molar-refractivity contribution is -0.390. The molecule has 0 aliphatic carbocycles. The predicted octanol–water partition coefficient (Wildman–Crippen LogP) is 2.72. The minimum atomic E-state index is -0.670. The van der Waals surface area contributed by atoms with Crippen LogP contribution in [-0.2, 0) is 11.3 Å².